The summed E-state index contributed by atoms with van der Waals surface area (Å²) in [6.07, 6.45) is 0.545. The van der Waals surface area contributed by atoms with E-state index in [-0.39, 0.29) is 12.7 Å². The fourth-order valence-electron chi connectivity index (χ4n) is 0.720. The Balaban J connectivity index is 3.63. The number of likely N-dealkylation sites (N-methyl/N-ethyl adjacent to an activating group) is 1. The molecule has 0 aromatic heterocycles. The van der Waals surface area contributed by atoms with Crippen LogP contribution in [0.15, 0.2) is 0 Å². The van der Waals surface area contributed by atoms with Crippen molar-refractivity contribution in [2.45, 2.75) is 19.4 Å². The molecule has 11 heavy (non-hydrogen) atoms. The minimum absolute atomic E-state index is 0.0662. The second-order valence-corrected chi connectivity index (χ2v) is 3.07. The molecule has 0 spiro atoms. The molecule has 0 saturated heterocycles. The maximum Gasteiger partial charge on any atom is 0.0906 e. The number of thiocarbonyl (C=S) groups is 1. The smallest absolute Gasteiger partial charge is 0.0906 e. The van der Waals surface area contributed by atoms with Crippen LogP contribution in [0.2, 0.25) is 0 Å². The van der Waals surface area contributed by atoms with Crippen molar-refractivity contribution in [3.8, 4) is 0 Å². The highest BCUT2D eigenvalue weighted by Crippen LogP contribution is 1.97. The summed E-state index contributed by atoms with van der Waals surface area (Å²) < 4.78 is 11.7. The number of hydrogen-bond acceptors (Lipinski definition) is 2. The monoisotopic (exact) mass is 178 g/mol. The van der Waals surface area contributed by atoms with E-state index >= 15 is 0 Å². The summed E-state index contributed by atoms with van der Waals surface area (Å²) in [6, 6.07) is 0.0662. The molecule has 0 heterocycles. The first-order valence-electron chi connectivity index (χ1n) is 3.65. The van der Waals surface area contributed by atoms with Crippen LogP contribution in [0.4, 0.5) is 4.39 Å². The largest absolute Gasteiger partial charge is 0.392 e. The van der Waals surface area contributed by atoms with Crippen LogP contribution < -0.4 is 5.73 Å². The molecule has 2 nitrogen and oxygen atoms in total. The molecule has 0 aliphatic carbocycles. The standard InChI is InChI=1S/C7H15FN2S/c1-6(7(9)11)10(2)5-3-4-8/h6H,3-5H2,1-2H3,(H2,9,11). The lowest BCUT2D eigenvalue weighted by Gasteiger charge is -2.22. The number of halogens is 1. The summed E-state index contributed by atoms with van der Waals surface area (Å²) in [4.78, 5) is 2.41. The van der Waals surface area contributed by atoms with Crippen molar-refractivity contribution in [2.75, 3.05) is 20.3 Å². The Morgan fingerprint density at radius 3 is 2.64 bits per heavy atom. The molecule has 0 aliphatic rings. The van der Waals surface area contributed by atoms with Gasteiger partial charge >= 0.3 is 0 Å². The molecule has 0 aliphatic heterocycles. The van der Waals surface area contributed by atoms with Gasteiger partial charge in [0.05, 0.1) is 17.7 Å². The van der Waals surface area contributed by atoms with Gasteiger partial charge in [0.2, 0.25) is 0 Å². The highest BCUT2D eigenvalue weighted by molar-refractivity contribution is 7.80. The second-order valence-electron chi connectivity index (χ2n) is 2.60. The fourth-order valence-corrected chi connectivity index (χ4v) is 0.900. The molecule has 1 unspecified atom stereocenters. The lowest BCUT2D eigenvalue weighted by Crippen LogP contribution is -2.39. The van der Waals surface area contributed by atoms with Gasteiger partial charge in [0.25, 0.3) is 0 Å². The lowest BCUT2D eigenvalue weighted by molar-refractivity contribution is 0.291. The van der Waals surface area contributed by atoms with Gasteiger partial charge in [-0.05, 0) is 20.4 Å². The van der Waals surface area contributed by atoms with E-state index < -0.39 is 0 Å². The van der Waals surface area contributed by atoms with E-state index in [1.807, 2.05) is 18.9 Å². The summed E-state index contributed by atoms with van der Waals surface area (Å²) >= 11 is 4.79. The average molecular weight is 178 g/mol. The molecule has 0 aromatic rings. The normalized spacial score (nSPS) is 13.5. The number of hydrogen-bond donors (Lipinski definition) is 1. The summed E-state index contributed by atoms with van der Waals surface area (Å²) in [5, 5.41) is 0. The maximum atomic E-state index is 11.7. The molecule has 1 atom stereocenters. The molecule has 0 bridgehead atoms. The van der Waals surface area contributed by atoms with Crippen molar-refractivity contribution in [3.05, 3.63) is 0 Å². The third-order valence-corrected chi connectivity index (χ3v) is 2.06. The molecule has 0 rings (SSSR count). The molecule has 4 heteroatoms. The van der Waals surface area contributed by atoms with E-state index in [1.54, 1.807) is 0 Å². The van der Waals surface area contributed by atoms with E-state index in [4.69, 9.17) is 18.0 Å². The van der Waals surface area contributed by atoms with Crippen LogP contribution >= 0.6 is 12.2 Å². The van der Waals surface area contributed by atoms with Crippen LogP contribution in [0, 0.1) is 0 Å². The van der Waals surface area contributed by atoms with Gasteiger partial charge in [-0.15, -0.1) is 0 Å². The Bertz CT molecular complexity index is 130. The highest BCUT2D eigenvalue weighted by Gasteiger charge is 2.10. The molecule has 0 fully saturated rings. The van der Waals surface area contributed by atoms with Crippen molar-refractivity contribution >= 4 is 17.2 Å². The first-order chi connectivity index (χ1) is 5.09. The molecule has 66 valence electrons. The van der Waals surface area contributed by atoms with Crippen molar-refractivity contribution < 1.29 is 4.39 Å². The molecule has 0 radical (unpaired) electrons. The van der Waals surface area contributed by atoms with Gasteiger partial charge < -0.3 is 5.73 Å². The van der Waals surface area contributed by atoms with E-state index in [0.717, 1.165) is 0 Å². The van der Waals surface area contributed by atoms with Gasteiger partial charge in [-0.1, -0.05) is 12.2 Å². The van der Waals surface area contributed by atoms with Crippen molar-refractivity contribution in [1.82, 2.24) is 4.90 Å². The van der Waals surface area contributed by atoms with Crippen molar-refractivity contribution in [2.24, 2.45) is 5.73 Å². The van der Waals surface area contributed by atoms with Crippen LogP contribution in [0.5, 0.6) is 0 Å². The van der Waals surface area contributed by atoms with Crippen LogP contribution in [0.3, 0.4) is 0 Å². The number of alkyl halides is 1. The molecule has 0 saturated carbocycles. The Morgan fingerprint density at radius 2 is 2.27 bits per heavy atom. The van der Waals surface area contributed by atoms with E-state index in [2.05, 4.69) is 0 Å². The van der Waals surface area contributed by atoms with Gasteiger partial charge in [-0.25, -0.2) is 0 Å². The fraction of sp³-hybridized carbons (Fsp3) is 0.857. The van der Waals surface area contributed by atoms with E-state index in [1.165, 1.54) is 0 Å². The molecule has 2 N–H and O–H groups in total. The van der Waals surface area contributed by atoms with Gasteiger partial charge in [0.15, 0.2) is 0 Å². The Kier molecular flexibility index (Phi) is 5.32. The molecule has 0 amide bonds. The zero-order valence-corrected chi connectivity index (χ0v) is 7.83. The first-order valence-corrected chi connectivity index (χ1v) is 4.06. The van der Waals surface area contributed by atoms with Crippen LogP contribution in [-0.4, -0.2) is 36.2 Å². The summed E-state index contributed by atoms with van der Waals surface area (Å²) in [6.45, 7) is 2.34. The maximum absolute atomic E-state index is 11.7. The van der Waals surface area contributed by atoms with Crippen molar-refractivity contribution in [3.63, 3.8) is 0 Å². The van der Waals surface area contributed by atoms with Crippen LogP contribution in [0.25, 0.3) is 0 Å². The van der Waals surface area contributed by atoms with E-state index in [9.17, 15) is 4.39 Å². The van der Waals surface area contributed by atoms with Crippen LogP contribution in [0.1, 0.15) is 13.3 Å². The minimum atomic E-state index is -0.283. The predicted octanol–water partition coefficient (Wildman–Crippen LogP) is 0.952. The summed E-state index contributed by atoms with van der Waals surface area (Å²) in [7, 11) is 1.89. The zero-order valence-electron chi connectivity index (χ0n) is 7.01. The number of nitrogens with two attached hydrogens (primary N) is 1. The first kappa shape index (κ1) is 10.8. The average Bonchev–Trinajstić information content (AvgIpc) is 1.98. The van der Waals surface area contributed by atoms with Gasteiger partial charge in [0, 0.05) is 6.54 Å². The third-order valence-electron chi connectivity index (χ3n) is 1.72. The van der Waals surface area contributed by atoms with Gasteiger partial charge in [-0.3, -0.25) is 9.29 Å². The Morgan fingerprint density at radius 1 is 1.73 bits per heavy atom. The van der Waals surface area contributed by atoms with Crippen LogP contribution in [-0.2, 0) is 0 Å². The quantitative estimate of drug-likeness (QED) is 0.636. The van der Waals surface area contributed by atoms with Gasteiger partial charge in [-0.2, -0.15) is 0 Å². The topological polar surface area (TPSA) is 29.3 Å². The summed E-state index contributed by atoms with van der Waals surface area (Å²) in [5.41, 5.74) is 5.40. The minimum Gasteiger partial charge on any atom is -0.392 e. The van der Waals surface area contributed by atoms with Crippen molar-refractivity contribution in [1.29, 1.82) is 0 Å². The molecular weight excluding hydrogens is 163 g/mol. The number of rotatable bonds is 5. The third kappa shape index (κ3) is 4.27. The molecular formula is C7H15FN2S. The van der Waals surface area contributed by atoms with E-state index in [0.29, 0.717) is 18.0 Å². The Labute approximate surface area is 72.6 Å². The predicted molar refractivity (Wildman–Crippen MR) is 49.5 cm³/mol. The Hall–Kier alpha value is -0.220. The lowest BCUT2D eigenvalue weighted by atomic mass is 10.3. The highest BCUT2D eigenvalue weighted by atomic mass is 32.1. The van der Waals surface area contributed by atoms with Gasteiger partial charge in [0.1, 0.15) is 0 Å². The second kappa shape index (κ2) is 5.43. The summed E-state index contributed by atoms with van der Waals surface area (Å²) in [5.74, 6) is 0. The molecule has 0 aromatic carbocycles. The zero-order chi connectivity index (χ0) is 8.85. The SMILES string of the molecule is CC(C(N)=S)N(C)CCCF. The number of nitrogens with zero attached hydrogens (tertiary/aromatic N) is 1.